The number of tetrazole rings is 1. The SMILES string of the molecule is CCNCc1ccc(Sc2nnnn2C)nc1. The van der Waals surface area contributed by atoms with Gasteiger partial charge in [0.25, 0.3) is 0 Å². The molecule has 0 fully saturated rings. The lowest BCUT2D eigenvalue weighted by Crippen LogP contribution is -2.11. The summed E-state index contributed by atoms with van der Waals surface area (Å²) < 4.78 is 1.62. The molecule has 0 radical (unpaired) electrons. The summed E-state index contributed by atoms with van der Waals surface area (Å²) in [6, 6.07) is 4.04. The van der Waals surface area contributed by atoms with Crippen molar-refractivity contribution in [2.45, 2.75) is 23.7 Å². The van der Waals surface area contributed by atoms with Crippen LogP contribution < -0.4 is 5.32 Å². The quantitative estimate of drug-likeness (QED) is 0.849. The van der Waals surface area contributed by atoms with Gasteiger partial charge in [-0.2, -0.15) is 0 Å². The van der Waals surface area contributed by atoms with E-state index in [1.54, 1.807) is 4.68 Å². The minimum absolute atomic E-state index is 0.733. The van der Waals surface area contributed by atoms with E-state index < -0.39 is 0 Å². The highest BCUT2D eigenvalue weighted by Gasteiger charge is 2.05. The van der Waals surface area contributed by atoms with E-state index in [1.165, 1.54) is 17.3 Å². The number of nitrogens with zero attached hydrogens (tertiary/aromatic N) is 5. The molecule has 2 aromatic rings. The van der Waals surface area contributed by atoms with Crippen LogP contribution in [0.2, 0.25) is 0 Å². The molecule has 6 nitrogen and oxygen atoms in total. The maximum absolute atomic E-state index is 4.36. The third kappa shape index (κ3) is 3.24. The van der Waals surface area contributed by atoms with Gasteiger partial charge >= 0.3 is 0 Å². The van der Waals surface area contributed by atoms with Gasteiger partial charge in [-0.15, -0.1) is 5.10 Å². The molecule has 1 N–H and O–H groups in total. The first-order valence-electron chi connectivity index (χ1n) is 5.35. The van der Waals surface area contributed by atoms with Crippen molar-refractivity contribution < 1.29 is 0 Å². The molecule has 90 valence electrons. The Kier molecular flexibility index (Phi) is 4.05. The van der Waals surface area contributed by atoms with Crippen molar-refractivity contribution in [1.29, 1.82) is 0 Å². The molecule has 0 spiro atoms. The summed E-state index contributed by atoms with van der Waals surface area (Å²) in [6.45, 7) is 3.89. The average Bonchev–Trinajstić information content (AvgIpc) is 2.74. The Balaban J connectivity index is 2.01. The lowest BCUT2D eigenvalue weighted by molar-refractivity contribution is 0.664. The summed E-state index contributed by atoms with van der Waals surface area (Å²) >= 11 is 1.45. The Labute approximate surface area is 104 Å². The van der Waals surface area contributed by atoms with Crippen LogP contribution in [0, 0.1) is 0 Å². The lowest BCUT2D eigenvalue weighted by Gasteiger charge is -2.02. The zero-order valence-electron chi connectivity index (χ0n) is 9.79. The highest BCUT2D eigenvalue weighted by molar-refractivity contribution is 7.99. The number of aryl methyl sites for hydroxylation is 1. The summed E-state index contributed by atoms with van der Waals surface area (Å²) in [5.41, 5.74) is 1.17. The van der Waals surface area contributed by atoms with Gasteiger partial charge in [0.1, 0.15) is 5.03 Å². The molecule has 0 aliphatic carbocycles. The molecule has 0 saturated heterocycles. The molecule has 0 atom stereocenters. The standard InChI is InChI=1S/C10H14N6S/c1-3-11-6-8-4-5-9(12-7-8)17-10-13-14-15-16(10)2/h4-5,7,11H,3,6H2,1-2H3. The Bertz CT molecular complexity index is 466. The molecule has 0 aromatic carbocycles. The fourth-order valence-corrected chi connectivity index (χ4v) is 1.92. The Hall–Kier alpha value is -1.47. The first kappa shape index (κ1) is 12.0. The third-order valence-corrected chi connectivity index (χ3v) is 3.13. The van der Waals surface area contributed by atoms with E-state index in [-0.39, 0.29) is 0 Å². The molecule has 0 aliphatic rings. The molecule has 2 rings (SSSR count). The van der Waals surface area contributed by atoms with Crippen LogP contribution in [-0.2, 0) is 13.6 Å². The maximum Gasteiger partial charge on any atom is 0.215 e. The van der Waals surface area contributed by atoms with E-state index in [4.69, 9.17) is 0 Å². The molecule has 2 heterocycles. The smallest absolute Gasteiger partial charge is 0.215 e. The van der Waals surface area contributed by atoms with Crippen LogP contribution >= 0.6 is 11.8 Å². The Morgan fingerprint density at radius 3 is 2.88 bits per heavy atom. The fraction of sp³-hybridized carbons (Fsp3) is 0.400. The number of aromatic nitrogens is 5. The number of hydrogen-bond donors (Lipinski definition) is 1. The molecule has 17 heavy (non-hydrogen) atoms. The summed E-state index contributed by atoms with van der Waals surface area (Å²) in [7, 11) is 1.81. The highest BCUT2D eigenvalue weighted by atomic mass is 32.2. The third-order valence-electron chi connectivity index (χ3n) is 2.15. The summed E-state index contributed by atoms with van der Waals surface area (Å²) in [5, 5.41) is 16.1. The summed E-state index contributed by atoms with van der Waals surface area (Å²) in [5.74, 6) is 0. The van der Waals surface area contributed by atoms with Gasteiger partial charge < -0.3 is 5.32 Å². The molecule has 0 aliphatic heterocycles. The fourth-order valence-electron chi connectivity index (χ4n) is 1.25. The largest absolute Gasteiger partial charge is 0.313 e. The molecule has 0 unspecified atom stereocenters. The van der Waals surface area contributed by atoms with Gasteiger partial charge in [0, 0.05) is 19.8 Å². The zero-order valence-corrected chi connectivity index (χ0v) is 10.6. The van der Waals surface area contributed by atoms with Gasteiger partial charge in [0.2, 0.25) is 5.16 Å². The minimum atomic E-state index is 0.733. The van der Waals surface area contributed by atoms with E-state index in [2.05, 4.69) is 38.8 Å². The van der Waals surface area contributed by atoms with Crippen molar-refractivity contribution in [3.63, 3.8) is 0 Å². The van der Waals surface area contributed by atoms with Gasteiger partial charge in [-0.25, -0.2) is 9.67 Å². The number of hydrogen-bond acceptors (Lipinski definition) is 6. The maximum atomic E-state index is 4.36. The first-order valence-corrected chi connectivity index (χ1v) is 6.17. The second-order valence-electron chi connectivity index (χ2n) is 3.47. The second-order valence-corrected chi connectivity index (χ2v) is 4.46. The average molecular weight is 250 g/mol. The van der Waals surface area contributed by atoms with Crippen LogP contribution in [-0.4, -0.2) is 31.7 Å². The van der Waals surface area contributed by atoms with Crippen LogP contribution in [0.15, 0.2) is 28.5 Å². The predicted octanol–water partition coefficient (Wildman–Crippen LogP) is 0.866. The van der Waals surface area contributed by atoms with Crippen LogP contribution in [0.1, 0.15) is 12.5 Å². The van der Waals surface area contributed by atoms with Crippen LogP contribution in [0.25, 0.3) is 0 Å². The number of pyridine rings is 1. The van der Waals surface area contributed by atoms with Crippen molar-refractivity contribution in [1.82, 2.24) is 30.5 Å². The van der Waals surface area contributed by atoms with Crippen molar-refractivity contribution in [3.8, 4) is 0 Å². The number of nitrogens with one attached hydrogen (secondary N) is 1. The summed E-state index contributed by atoms with van der Waals surface area (Å²) in [4.78, 5) is 4.36. The zero-order chi connectivity index (χ0) is 12.1. The predicted molar refractivity (Wildman–Crippen MR) is 64.5 cm³/mol. The molecule has 0 saturated carbocycles. The topological polar surface area (TPSA) is 68.5 Å². The Morgan fingerprint density at radius 2 is 2.29 bits per heavy atom. The normalized spacial score (nSPS) is 10.7. The van der Waals surface area contributed by atoms with Crippen molar-refractivity contribution in [2.75, 3.05) is 6.54 Å². The number of rotatable bonds is 5. The van der Waals surface area contributed by atoms with E-state index in [9.17, 15) is 0 Å². The summed E-state index contributed by atoms with van der Waals surface area (Å²) in [6.07, 6.45) is 1.87. The molecular formula is C10H14N6S. The van der Waals surface area contributed by atoms with Crippen molar-refractivity contribution >= 4 is 11.8 Å². The molecule has 7 heteroatoms. The van der Waals surface area contributed by atoms with Crippen LogP contribution in [0.4, 0.5) is 0 Å². The van der Waals surface area contributed by atoms with Gasteiger partial charge in [-0.3, -0.25) is 0 Å². The van der Waals surface area contributed by atoms with E-state index in [1.807, 2.05) is 19.3 Å². The van der Waals surface area contributed by atoms with E-state index in [0.717, 1.165) is 23.3 Å². The van der Waals surface area contributed by atoms with E-state index >= 15 is 0 Å². The minimum Gasteiger partial charge on any atom is -0.313 e. The molecule has 0 amide bonds. The lowest BCUT2D eigenvalue weighted by atomic mass is 10.3. The monoisotopic (exact) mass is 250 g/mol. The van der Waals surface area contributed by atoms with Crippen LogP contribution in [0.5, 0.6) is 0 Å². The van der Waals surface area contributed by atoms with Crippen molar-refractivity contribution in [2.24, 2.45) is 7.05 Å². The van der Waals surface area contributed by atoms with Crippen molar-refractivity contribution in [3.05, 3.63) is 23.9 Å². The molecule has 2 aromatic heterocycles. The van der Waals surface area contributed by atoms with Gasteiger partial charge in [0.15, 0.2) is 0 Å². The van der Waals surface area contributed by atoms with Gasteiger partial charge in [-0.1, -0.05) is 13.0 Å². The second kappa shape index (κ2) is 5.74. The van der Waals surface area contributed by atoms with Crippen LogP contribution in [0.3, 0.4) is 0 Å². The van der Waals surface area contributed by atoms with E-state index in [0.29, 0.717) is 0 Å². The van der Waals surface area contributed by atoms with Gasteiger partial charge in [-0.05, 0) is 40.4 Å². The van der Waals surface area contributed by atoms with Gasteiger partial charge in [0.05, 0.1) is 0 Å². The highest BCUT2D eigenvalue weighted by Crippen LogP contribution is 2.22. The first-order chi connectivity index (χ1) is 8.29. The molecular weight excluding hydrogens is 236 g/mol. The molecule has 0 bridgehead atoms. The Morgan fingerprint density at radius 1 is 1.41 bits per heavy atom.